The van der Waals surface area contributed by atoms with E-state index in [-0.39, 0.29) is 24.6 Å². The van der Waals surface area contributed by atoms with Crippen LogP contribution in [0.2, 0.25) is 0 Å². The SMILES string of the molecule is COCC(=O)N1CCN(C(=O)N[C@@H](C)c2cc(C)cc(C)c2)CC1. The predicted molar refractivity (Wildman–Crippen MR) is 92.9 cm³/mol. The second kappa shape index (κ2) is 8.15. The van der Waals surface area contributed by atoms with Crippen molar-refractivity contribution < 1.29 is 14.3 Å². The predicted octanol–water partition coefficient (Wildman–Crippen LogP) is 1.86. The Morgan fingerprint density at radius 1 is 1.08 bits per heavy atom. The van der Waals surface area contributed by atoms with Crippen molar-refractivity contribution in [1.82, 2.24) is 15.1 Å². The van der Waals surface area contributed by atoms with Crippen molar-refractivity contribution in [2.75, 3.05) is 39.9 Å². The third kappa shape index (κ3) is 4.71. The van der Waals surface area contributed by atoms with Gasteiger partial charge >= 0.3 is 6.03 Å². The maximum Gasteiger partial charge on any atom is 0.317 e. The lowest BCUT2D eigenvalue weighted by Gasteiger charge is -2.35. The van der Waals surface area contributed by atoms with Crippen LogP contribution in [0.4, 0.5) is 4.79 Å². The summed E-state index contributed by atoms with van der Waals surface area (Å²) >= 11 is 0. The number of hydrogen-bond acceptors (Lipinski definition) is 3. The van der Waals surface area contributed by atoms with Gasteiger partial charge in [0.25, 0.3) is 0 Å². The van der Waals surface area contributed by atoms with Crippen LogP contribution in [0.15, 0.2) is 18.2 Å². The van der Waals surface area contributed by atoms with Crippen LogP contribution >= 0.6 is 0 Å². The fourth-order valence-corrected chi connectivity index (χ4v) is 2.99. The molecule has 1 N–H and O–H groups in total. The average Bonchev–Trinajstić information content (AvgIpc) is 2.54. The van der Waals surface area contributed by atoms with E-state index in [1.807, 2.05) is 6.92 Å². The van der Waals surface area contributed by atoms with Gasteiger partial charge in [-0.05, 0) is 26.3 Å². The van der Waals surface area contributed by atoms with Gasteiger partial charge in [0.1, 0.15) is 6.61 Å². The highest BCUT2D eigenvalue weighted by Gasteiger charge is 2.24. The van der Waals surface area contributed by atoms with Crippen LogP contribution in [0.25, 0.3) is 0 Å². The molecule has 1 fully saturated rings. The molecule has 132 valence electrons. The lowest BCUT2D eigenvalue weighted by molar-refractivity contribution is -0.136. The topological polar surface area (TPSA) is 61.9 Å². The van der Waals surface area contributed by atoms with Crippen LogP contribution in [0.3, 0.4) is 0 Å². The molecule has 1 aromatic carbocycles. The summed E-state index contributed by atoms with van der Waals surface area (Å²) < 4.78 is 4.87. The molecule has 0 bridgehead atoms. The molecule has 0 saturated carbocycles. The molecule has 6 heteroatoms. The maximum absolute atomic E-state index is 12.4. The molecule has 1 aliphatic heterocycles. The van der Waals surface area contributed by atoms with E-state index in [9.17, 15) is 9.59 Å². The van der Waals surface area contributed by atoms with Crippen LogP contribution in [-0.2, 0) is 9.53 Å². The second-order valence-corrected chi connectivity index (χ2v) is 6.39. The number of amides is 3. The van der Waals surface area contributed by atoms with Gasteiger partial charge in [0.2, 0.25) is 5.91 Å². The second-order valence-electron chi connectivity index (χ2n) is 6.39. The van der Waals surface area contributed by atoms with Gasteiger partial charge in [0.15, 0.2) is 0 Å². The summed E-state index contributed by atoms with van der Waals surface area (Å²) in [5.41, 5.74) is 3.49. The number of carbonyl (C=O) groups excluding carboxylic acids is 2. The van der Waals surface area contributed by atoms with Crippen molar-refractivity contribution >= 4 is 11.9 Å². The van der Waals surface area contributed by atoms with Gasteiger partial charge in [0.05, 0.1) is 6.04 Å². The van der Waals surface area contributed by atoms with Gasteiger partial charge in [-0.25, -0.2) is 4.79 Å². The summed E-state index contributed by atoms with van der Waals surface area (Å²) in [6.07, 6.45) is 0. The summed E-state index contributed by atoms with van der Waals surface area (Å²) in [5, 5.41) is 3.05. The smallest absolute Gasteiger partial charge is 0.317 e. The molecule has 24 heavy (non-hydrogen) atoms. The van der Waals surface area contributed by atoms with E-state index in [0.717, 1.165) is 5.56 Å². The fourth-order valence-electron chi connectivity index (χ4n) is 2.99. The van der Waals surface area contributed by atoms with Gasteiger partial charge < -0.3 is 19.9 Å². The highest BCUT2D eigenvalue weighted by molar-refractivity contribution is 5.78. The zero-order chi connectivity index (χ0) is 17.7. The van der Waals surface area contributed by atoms with Gasteiger partial charge in [0, 0.05) is 33.3 Å². The summed E-state index contributed by atoms with van der Waals surface area (Å²) in [6.45, 7) is 8.38. The molecule has 1 heterocycles. The first-order chi connectivity index (χ1) is 11.4. The molecule has 3 amide bonds. The van der Waals surface area contributed by atoms with Gasteiger partial charge in [-0.2, -0.15) is 0 Å². The first-order valence-electron chi connectivity index (χ1n) is 8.31. The van der Waals surface area contributed by atoms with Crippen LogP contribution in [0, 0.1) is 13.8 Å². The Balaban J connectivity index is 1.88. The maximum atomic E-state index is 12.4. The number of ether oxygens (including phenoxy) is 1. The van der Waals surface area contributed by atoms with Gasteiger partial charge in [-0.3, -0.25) is 4.79 Å². The minimum absolute atomic E-state index is 0.0267. The van der Waals surface area contributed by atoms with Crippen molar-refractivity contribution in [3.05, 3.63) is 34.9 Å². The minimum atomic E-state index is -0.0829. The van der Waals surface area contributed by atoms with Crippen LogP contribution in [0.1, 0.15) is 29.7 Å². The molecule has 0 aliphatic carbocycles. The Morgan fingerprint density at radius 2 is 1.62 bits per heavy atom. The lowest BCUT2D eigenvalue weighted by atomic mass is 10.0. The molecule has 1 atom stereocenters. The number of benzene rings is 1. The number of rotatable bonds is 4. The van der Waals surface area contributed by atoms with E-state index >= 15 is 0 Å². The number of piperazine rings is 1. The van der Waals surface area contributed by atoms with Crippen LogP contribution in [-0.4, -0.2) is 61.6 Å². The molecule has 1 saturated heterocycles. The Hall–Kier alpha value is -2.08. The van der Waals surface area contributed by atoms with E-state index in [4.69, 9.17) is 4.74 Å². The quantitative estimate of drug-likeness (QED) is 0.915. The molecule has 0 aromatic heterocycles. The molecular weight excluding hydrogens is 306 g/mol. The molecule has 0 unspecified atom stereocenters. The minimum Gasteiger partial charge on any atom is -0.375 e. The number of aryl methyl sites for hydroxylation is 2. The highest BCUT2D eigenvalue weighted by atomic mass is 16.5. The van der Waals surface area contributed by atoms with E-state index in [0.29, 0.717) is 26.2 Å². The third-order valence-electron chi connectivity index (χ3n) is 4.27. The monoisotopic (exact) mass is 333 g/mol. The van der Waals surface area contributed by atoms with Crippen molar-refractivity contribution in [1.29, 1.82) is 0 Å². The number of nitrogens with one attached hydrogen (secondary N) is 1. The first kappa shape index (κ1) is 18.3. The summed E-state index contributed by atoms with van der Waals surface area (Å²) in [7, 11) is 1.51. The number of hydrogen-bond donors (Lipinski definition) is 1. The van der Waals surface area contributed by atoms with E-state index in [1.54, 1.807) is 9.80 Å². The molecule has 6 nitrogen and oxygen atoms in total. The normalized spacial score (nSPS) is 16.0. The van der Waals surface area contributed by atoms with Crippen molar-refractivity contribution in [2.45, 2.75) is 26.8 Å². The fraction of sp³-hybridized carbons (Fsp3) is 0.556. The molecule has 2 rings (SSSR count). The largest absolute Gasteiger partial charge is 0.375 e. The van der Waals surface area contributed by atoms with Crippen LogP contribution in [0.5, 0.6) is 0 Å². The molecule has 0 spiro atoms. The Labute approximate surface area is 143 Å². The average molecular weight is 333 g/mol. The van der Waals surface area contributed by atoms with Crippen molar-refractivity contribution in [3.8, 4) is 0 Å². The third-order valence-corrected chi connectivity index (χ3v) is 4.27. The number of urea groups is 1. The zero-order valence-electron chi connectivity index (χ0n) is 15.0. The number of methoxy groups -OCH3 is 1. The first-order valence-corrected chi connectivity index (χ1v) is 8.31. The zero-order valence-corrected chi connectivity index (χ0v) is 15.0. The van der Waals surface area contributed by atoms with Crippen molar-refractivity contribution in [3.63, 3.8) is 0 Å². The standard InChI is InChI=1S/C18H27N3O3/c1-13-9-14(2)11-16(10-13)15(3)19-18(23)21-7-5-20(6-8-21)17(22)12-24-4/h9-11,15H,5-8,12H2,1-4H3,(H,19,23)/t15-/m0/s1. The van der Waals surface area contributed by atoms with E-state index in [1.165, 1.54) is 18.2 Å². The molecule has 1 aromatic rings. The van der Waals surface area contributed by atoms with E-state index < -0.39 is 0 Å². The van der Waals surface area contributed by atoms with Gasteiger partial charge in [-0.1, -0.05) is 29.3 Å². The summed E-state index contributed by atoms with van der Waals surface area (Å²) in [6, 6.07) is 6.18. The summed E-state index contributed by atoms with van der Waals surface area (Å²) in [5.74, 6) is -0.0267. The molecule has 0 radical (unpaired) electrons. The molecular formula is C18H27N3O3. The molecule has 1 aliphatic rings. The highest BCUT2D eigenvalue weighted by Crippen LogP contribution is 2.17. The number of nitrogens with zero attached hydrogens (tertiary/aromatic N) is 2. The van der Waals surface area contributed by atoms with Crippen molar-refractivity contribution in [2.24, 2.45) is 0 Å². The lowest BCUT2D eigenvalue weighted by Crippen LogP contribution is -2.54. The number of carbonyl (C=O) groups is 2. The Bertz CT molecular complexity index is 575. The Kier molecular flexibility index (Phi) is 6.20. The van der Waals surface area contributed by atoms with Crippen LogP contribution < -0.4 is 5.32 Å². The van der Waals surface area contributed by atoms with Gasteiger partial charge in [-0.15, -0.1) is 0 Å². The van der Waals surface area contributed by atoms with E-state index in [2.05, 4.69) is 37.4 Å². The Morgan fingerprint density at radius 3 is 2.17 bits per heavy atom. The summed E-state index contributed by atoms with van der Waals surface area (Å²) in [4.78, 5) is 27.7.